The Bertz CT molecular complexity index is 1320. The molecule has 0 N–H and O–H groups in total. The largest absolute Gasteiger partial charge is 0.367 e. The van der Waals surface area contributed by atoms with Gasteiger partial charge in [-0.3, -0.25) is 4.68 Å². The van der Waals surface area contributed by atoms with Crippen LogP contribution < -0.4 is 4.90 Å². The Morgan fingerprint density at radius 2 is 1.92 bits per heavy atom. The number of rotatable bonds is 5. The van der Waals surface area contributed by atoms with E-state index in [4.69, 9.17) is 19.7 Å². The topological polar surface area (TPSA) is 69.0 Å². The van der Waals surface area contributed by atoms with Crippen LogP contribution in [0, 0.1) is 19.8 Å². The van der Waals surface area contributed by atoms with Gasteiger partial charge in [0.2, 0.25) is 12.4 Å². The van der Waals surface area contributed by atoms with Gasteiger partial charge in [0.15, 0.2) is 5.65 Å². The number of morpholine rings is 1. The normalized spacial score (nSPS) is 25.0. The summed E-state index contributed by atoms with van der Waals surface area (Å²) in [6.45, 7) is 7.34. The Morgan fingerprint density at radius 1 is 1.08 bits per heavy atom. The molecule has 1 saturated heterocycles. The van der Waals surface area contributed by atoms with Crippen LogP contribution in [-0.4, -0.2) is 50.4 Å². The van der Waals surface area contributed by atoms with Gasteiger partial charge in [-0.2, -0.15) is 10.1 Å². The fraction of sp³-hybridized carbons (Fsp3) is 0.556. The SMILES string of the molecule is Cc1cc2c(C3=CCC(C(F)F)CC3)nc(N3C[C@H](C)O[C@@H](c4cnn(C5CC5)c4)C3)nc2nc1C. The van der Waals surface area contributed by atoms with Crippen molar-refractivity contribution < 1.29 is 13.5 Å². The van der Waals surface area contributed by atoms with Crippen LogP contribution in [0.4, 0.5) is 14.7 Å². The molecule has 0 bridgehead atoms. The smallest absolute Gasteiger partial charge is 0.241 e. The van der Waals surface area contributed by atoms with Crippen LogP contribution in [0.3, 0.4) is 0 Å². The fourth-order valence-corrected chi connectivity index (χ4v) is 5.27. The van der Waals surface area contributed by atoms with Crippen molar-refractivity contribution in [3.63, 3.8) is 0 Å². The van der Waals surface area contributed by atoms with E-state index < -0.39 is 12.3 Å². The second kappa shape index (κ2) is 9.18. The van der Waals surface area contributed by atoms with Crippen molar-refractivity contribution in [2.75, 3.05) is 18.0 Å². The van der Waals surface area contributed by atoms with Crippen molar-refractivity contribution in [1.29, 1.82) is 0 Å². The lowest BCUT2D eigenvalue weighted by Gasteiger charge is -2.36. The van der Waals surface area contributed by atoms with Gasteiger partial charge in [-0.25, -0.2) is 18.7 Å². The number of pyridine rings is 1. The van der Waals surface area contributed by atoms with E-state index in [9.17, 15) is 8.78 Å². The van der Waals surface area contributed by atoms with Crippen LogP contribution in [0.5, 0.6) is 0 Å². The van der Waals surface area contributed by atoms with Gasteiger partial charge in [-0.1, -0.05) is 6.08 Å². The van der Waals surface area contributed by atoms with E-state index in [1.807, 2.05) is 30.8 Å². The molecule has 2 fully saturated rings. The molecule has 1 saturated carbocycles. The maximum absolute atomic E-state index is 13.3. The first-order valence-corrected chi connectivity index (χ1v) is 12.9. The molecular formula is C27H32F2N6O. The van der Waals surface area contributed by atoms with Gasteiger partial charge in [-0.05, 0) is 70.1 Å². The molecule has 1 unspecified atom stereocenters. The van der Waals surface area contributed by atoms with Crippen LogP contribution in [0.2, 0.25) is 0 Å². The molecular weight excluding hydrogens is 462 g/mol. The molecule has 3 aromatic rings. The fourth-order valence-electron chi connectivity index (χ4n) is 5.27. The highest BCUT2D eigenvalue weighted by molar-refractivity contribution is 5.89. The van der Waals surface area contributed by atoms with Gasteiger partial charge in [0.1, 0.15) is 6.10 Å². The number of aryl methyl sites for hydroxylation is 2. The first-order valence-electron chi connectivity index (χ1n) is 12.9. The van der Waals surface area contributed by atoms with Gasteiger partial charge in [0, 0.05) is 35.3 Å². The van der Waals surface area contributed by atoms with E-state index in [1.54, 1.807) is 0 Å². The number of nitrogens with zero attached hydrogens (tertiary/aromatic N) is 6. The molecule has 1 aliphatic heterocycles. The lowest BCUT2D eigenvalue weighted by atomic mass is 9.87. The van der Waals surface area contributed by atoms with Crippen molar-refractivity contribution in [2.45, 2.75) is 77.6 Å². The van der Waals surface area contributed by atoms with Gasteiger partial charge in [-0.15, -0.1) is 0 Å². The third-order valence-corrected chi connectivity index (χ3v) is 7.69. The van der Waals surface area contributed by atoms with Gasteiger partial charge >= 0.3 is 0 Å². The molecule has 2 aliphatic carbocycles. The van der Waals surface area contributed by atoms with E-state index in [2.05, 4.69) is 29.2 Å². The number of alkyl halides is 2. The van der Waals surface area contributed by atoms with E-state index in [0.29, 0.717) is 50.0 Å². The molecule has 3 aliphatic rings. The molecule has 0 radical (unpaired) electrons. The van der Waals surface area contributed by atoms with Gasteiger partial charge < -0.3 is 9.64 Å². The molecule has 3 atom stereocenters. The molecule has 9 heteroatoms. The monoisotopic (exact) mass is 494 g/mol. The highest BCUT2D eigenvalue weighted by atomic mass is 19.3. The van der Waals surface area contributed by atoms with Crippen LogP contribution in [0.15, 0.2) is 24.5 Å². The number of halogens is 2. The maximum atomic E-state index is 13.3. The number of anilines is 1. The molecule has 6 rings (SSSR count). The van der Waals surface area contributed by atoms with Crippen LogP contribution in [-0.2, 0) is 4.74 Å². The third-order valence-electron chi connectivity index (χ3n) is 7.69. The molecule has 36 heavy (non-hydrogen) atoms. The summed E-state index contributed by atoms with van der Waals surface area (Å²) in [4.78, 5) is 16.9. The lowest BCUT2D eigenvalue weighted by molar-refractivity contribution is -0.0178. The van der Waals surface area contributed by atoms with Crippen LogP contribution >= 0.6 is 0 Å². The number of fused-ring (bicyclic) bond motifs is 1. The van der Waals surface area contributed by atoms with Gasteiger partial charge in [0.05, 0.1) is 30.6 Å². The summed E-state index contributed by atoms with van der Waals surface area (Å²) in [6.07, 6.45) is 7.30. The van der Waals surface area contributed by atoms with E-state index in [-0.39, 0.29) is 12.2 Å². The standard InChI is InChI=1S/C27H32F2N6O/c1-15-10-22-24(18-4-6-19(7-5-18)25(28)29)32-27(33-26(22)31-17(15)3)34-12-16(2)36-23(14-34)20-11-30-35(13-20)21-8-9-21/h4,10-11,13,16,19,21,23,25H,5-9,12,14H2,1-3H3/t16-,19?,23+/m0/s1. The van der Waals surface area contributed by atoms with E-state index in [0.717, 1.165) is 33.5 Å². The minimum Gasteiger partial charge on any atom is -0.367 e. The molecule has 190 valence electrons. The summed E-state index contributed by atoms with van der Waals surface area (Å²) < 4.78 is 34.9. The Hall–Kier alpha value is -2.94. The predicted octanol–water partition coefficient (Wildman–Crippen LogP) is 5.59. The van der Waals surface area contributed by atoms with E-state index in [1.165, 1.54) is 12.8 Å². The average Bonchev–Trinajstić information content (AvgIpc) is 3.60. The first-order chi connectivity index (χ1) is 17.4. The minimum absolute atomic E-state index is 0.0100. The summed E-state index contributed by atoms with van der Waals surface area (Å²) in [7, 11) is 0. The summed E-state index contributed by atoms with van der Waals surface area (Å²) >= 11 is 0. The molecule has 0 amide bonds. The molecule has 3 aromatic heterocycles. The van der Waals surface area contributed by atoms with Gasteiger partial charge in [0.25, 0.3) is 0 Å². The maximum Gasteiger partial charge on any atom is 0.241 e. The summed E-state index contributed by atoms with van der Waals surface area (Å²) in [5.41, 5.74) is 5.53. The quantitative estimate of drug-likeness (QED) is 0.461. The molecule has 0 spiro atoms. The predicted molar refractivity (Wildman–Crippen MR) is 134 cm³/mol. The number of hydrogen-bond acceptors (Lipinski definition) is 6. The van der Waals surface area contributed by atoms with Crippen molar-refractivity contribution in [3.05, 3.63) is 47.1 Å². The number of hydrogen-bond donors (Lipinski definition) is 0. The molecule has 0 aromatic carbocycles. The zero-order chi connectivity index (χ0) is 25.0. The summed E-state index contributed by atoms with van der Waals surface area (Å²) in [6, 6.07) is 2.60. The highest BCUT2D eigenvalue weighted by Crippen LogP contribution is 2.38. The van der Waals surface area contributed by atoms with Crippen LogP contribution in [0.1, 0.15) is 73.7 Å². The third kappa shape index (κ3) is 4.49. The van der Waals surface area contributed by atoms with Crippen LogP contribution in [0.25, 0.3) is 16.6 Å². The minimum atomic E-state index is -2.29. The first kappa shape index (κ1) is 23.5. The van der Waals surface area contributed by atoms with Crippen molar-refractivity contribution in [1.82, 2.24) is 24.7 Å². The number of allylic oxidation sites excluding steroid dienone is 2. The van der Waals surface area contributed by atoms with Crippen molar-refractivity contribution >= 4 is 22.6 Å². The lowest BCUT2D eigenvalue weighted by Crippen LogP contribution is -2.43. The number of aromatic nitrogens is 5. The molecule has 7 nitrogen and oxygen atoms in total. The second-order valence-corrected chi connectivity index (χ2v) is 10.6. The summed E-state index contributed by atoms with van der Waals surface area (Å²) in [5, 5.41) is 5.43. The zero-order valence-corrected chi connectivity index (χ0v) is 21.0. The highest BCUT2D eigenvalue weighted by Gasteiger charge is 2.32. The Kier molecular flexibility index (Phi) is 5.98. The average molecular weight is 495 g/mol. The van der Waals surface area contributed by atoms with E-state index >= 15 is 0 Å². The number of ether oxygens (including phenoxy) is 1. The zero-order valence-electron chi connectivity index (χ0n) is 21.0. The Balaban J connectivity index is 1.37. The Morgan fingerprint density at radius 3 is 2.64 bits per heavy atom. The molecule has 4 heterocycles. The van der Waals surface area contributed by atoms with Crippen molar-refractivity contribution in [2.24, 2.45) is 5.92 Å². The summed E-state index contributed by atoms with van der Waals surface area (Å²) in [5.74, 6) is 0.0284. The Labute approximate surface area is 209 Å². The van der Waals surface area contributed by atoms with Crippen molar-refractivity contribution in [3.8, 4) is 0 Å². The second-order valence-electron chi connectivity index (χ2n) is 10.6.